The van der Waals surface area contributed by atoms with E-state index in [4.69, 9.17) is 4.74 Å². The zero-order chi connectivity index (χ0) is 19.3. The number of aromatic nitrogens is 4. The predicted molar refractivity (Wildman–Crippen MR) is 99.0 cm³/mol. The second-order valence-corrected chi connectivity index (χ2v) is 6.57. The lowest BCUT2D eigenvalue weighted by Crippen LogP contribution is -2.30. The fraction of sp³-hybridized carbons (Fsp3) is 0.250. The van der Waals surface area contributed by atoms with Crippen molar-refractivity contribution in [1.29, 1.82) is 0 Å². The molecule has 4 rings (SSSR count). The average Bonchev–Trinajstić information content (AvgIpc) is 3.22. The summed E-state index contributed by atoms with van der Waals surface area (Å²) in [5, 5.41) is 8.15. The van der Waals surface area contributed by atoms with Gasteiger partial charge in [-0.1, -0.05) is 12.1 Å². The molecule has 3 heterocycles. The van der Waals surface area contributed by atoms with Crippen LogP contribution in [-0.4, -0.2) is 50.7 Å². The van der Waals surface area contributed by atoms with Crippen LogP contribution in [0, 0.1) is 11.7 Å². The van der Waals surface area contributed by atoms with Crippen LogP contribution in [0.1, 0.15) is 16.9 Å². The number of amides is 1. The number of ether oxygens (including phenoxy) is 1. The predicted octanol–water partition coefficient (Wildman–Crippen LogP) is 2.61. The Kier molecular flexibility index (Phi) is 5.18. The molecule has 2 aromatic heterocycles. The number of nitrogens with zero attached hydrogens (tertiary/aromatic N) is 5. The lowest BCUT2D eigenvalue weighted by Gasteiger charge is -2.16. The third kappa shape index (κ3) is 4.11. The molecule has 1 saturated heterocycles. The minimum Gasteiger partial charge on any atom is -0.476 e. The van der Waals surface area contributed by atoms with Crippen molar-refractivity contribution in [1.82, 2.24) is 25.1 Å². The molecule has 3 aromatic rings. The zero-order valence-corrected chi connectivity index (χ0v) is 15.0. The van der Waals surface area contributed by atoms with Crippen LogP contribution in [0.15, 0.2) is 55.0 Å². The molecule has 1 amide bonds. The van der Waals surface area contributed by atoms with Crippen LogP contribution in [0.25, 0.3) is 11.3 Å². The first-order valence-corrected chi connectivity index (χ1v) is 8.97. The van der Waals surface area contributed by atoms with Gasteiger partial charge < -0.3 is 9.64 Å². The Hall–Kier alpha value is -3.42. The first-order chi connectivity index (χ1) is 13.7. The van der Waals surface area contributed by atoms with Crippen molar-refractivity contribution in [2.24, 2.45) is 5.92 Å². The lowest BCUT2D eigenvalue weighted by atomic mass is 10.1. The number of benzene rings is 1. The van der Waals surface area contributed by atoms with Crippen molar-refractivity contribution < 1.29 is 13.9 Å². The molecule has 142 valence electrons. The second kappa shape index (κ2) is 8.08. The highest BCUT2D eigenvalue weighted by Gasteiger charge is 2.28. The quantitative estimate of drug-likeness (QED) is 0.678. The Labute approximate surface area is 161 Å². The molecule has 1 aromatic carbocycles. The van der Waals surface area contributed by atoms with E-state index < -0.39 is 0 Å². The van der Waals surface area contributed by atoms with Crippen molar-refractivity contribution in [2.75, 3.05) is 19.7 Å². The fourth-order valence-corrected chi connectivity index (χ4v) is 3.13. The summed E-state index contributed by atoms with van der Waals surface area (Å²) in [7, 11) is 0. The van der Waals surface area contributed by atoms with E-state index in [1.54, 1.807) is 29.2 Å². The van der Waals surface area contributed by atoms with E-state index in [1.165, 1.54) is 30.7 Å². The highest BCUT2D eigenvalue weighted by atomic mass is 19.1. The van der Waals surface area contributed by atoms with Gasteiger partial charge in [0.05, 0.1) is 18.5 Å². The third-order valence-electron chi connectivity index (χ3n) is 4.58. The topological polar surface area (TPSA) is 81.1 Å². The van der Waals surface area contributed by atoms with E-state index >= 15 is 0 Å². The number of likely N-dealkylation sites (tertiary alicyclic amines) is 1. The summed E-state index contributed by atoms with van der Waals surface area (Å²) >= 11 is 0. The van der Waals surface area contributed by atoms with Gasteiger partial charge in [0, 0.05) is 43.0 Å². The van der Waals surface area contributed by atoms with Crippen LogP contribution in [0.5, 0.6) is 5.88 Å². The Bertz CT molecular complexity index is 952. The van der Waals surface area contributed by atoms with Crippen molar-refractivity contribution in [3.63, 3.8) is 0 Å². The van der Waals surface area contributed by atoms with E-state index in [0.29, 0.717) is 42.5 Å². The number of carbonyl (C=O) groups is 1. The van der Waals surface area contributed by atoms with Crippen molar-refractivity contribution in [3.8, 4) is 17.1 Å². The molecule has 7 nitrogen and oxygen atoms in total. The van der Waals surface area contributed by atoms with Crippen LogP contribution in [0.3, 0.4) is 0 Å². The summed E-state index contributed by atoms with van der Waals surface area (Å²) in [5.74, 6) is 0.181. The van der Waals surface area contributed by atoms with Gasteiger partial charge in [0.15, 0.2) is 0 Å². The largest absolute Gasteiger partial charge is 0.476 e. The van der Waals surface area contributed by atoms with Crippen LogP contribution < -0.4 is 4.74 Å². The first-order valence-electron chi connectivity index (χ1n) is 8.97. The van der Waals surface area contributed by atoms with Gasteiger partial charge in [-0.05, 0) is 24.6 Å². The molecule has 1 unspecified atom stereocenters. The molecule has 1 aliphatic rings. The Morgan fingerprint density at radius 3 is 2.89 bits per heavy atom. The van der Waals surface area contributed by atoms with E-state index in [2.05, 4.69) is 20.2 Å². The molecule has 0 aliphatic carbocycles. The maximum atomic E-state index is 13.3. The van der Waals surface area contributed by atoms with E-state index in [-0.39, 0.29) is 17.6 Å². The number of rotatable bonds is 5. The van der Waals surface area contributed by atoms with Gasteiger partial charge in [-0.3, -0.25) is 9.78 Å². The molecule has 1 fully saturated rings. The maximum absolute atomic E-state index is 13.3. The minimum atomic E-state index is -0.318. The van der Waals surface area contributed by atoms with Crippen molar-refractivity contribution in [3.05, 3.63) is 66.5 Å². The van der Waals surface area contributed by atoms with Crippen LogP contribution in [0.2, 0.25) is 0 Å². The van der Waals surface area contributed by atoms with Gasteiger partial charge >= 0.3 is 0 Å². The zero-order valence-electron chi connectivity index (χ0n) is 15.0. The van der Waals surface area contributed by atoms with Gasteiger partial charge in [-0.25, -0.2) is 9.37 Å². The molecule has 1 atom stereocenters. The molecular formula is C20H18FN5O2. The Balaban J connectivity index is 1.31. The minimum absolute atomic E-state index is 0.116. The van der Waals surface area contributed by atoms with Gasteiger partial charge in [-0.2, -0.15) is 0 Å². The molecule has 0 spiro atoms. The first kappa shape index (κ1) is 18.0. The standard InChI is InChI=1S/C20H18FN5O2/c21-16-3-1-2-15(10-16)17-4-5-19(25-24-17)28-13-14-6-9-26(12-14)20(27)18-11-22-7-8-23-18/h1-5,7-8,10-11,14H,6,9,12-13H2. The fourth-order valence-electron chi connectivity index (χ4n) is 3.13. The summed E-state index contributed by atoms with van der Waals surface area (Å²) in [6, 6.07) is 9.65. The normalized spacial score (nSPS) is 16.2. The monoisotopic (exact) mass is 379 g/mol. The summed E-state index contributed by atoms with van der Waals surface area (Å²) in [5.41, 5.74) is 1.59. The van der Waals surface area contributed by atoms with Crippen molar-refractivity contribution >= 4 is 5.91 Å². The lowest BCUT2D eigenvalue weighted by molar-refractivity contribution is 0.0776. The van der Waals surface area contributed by atoms with Gasteiger partial charge in [0.2, 0.25) is 5.88 Å². The van der Waals surface area contributed by atoms with Crippen LogP contribution in [0.4, 0.5) is 4.39 Å². The van der Waals surface area contributed by atoms with E-state index in [0.717, 1.165) is 6.42 Å². The van der Waals surface area contributed by atoms with Crippen LogP contribution >= 0.6 is 0 Å². The van der Waals surface area contributed by atoms with E-state index in [1.807, 2.05) is 0 Å². The van der Waals surface area contributed by atoms with Crippen LogP contribution in [-0.2, 0) is 0 Å². The summed E-state index contributed by atoms with van der Waals surface area (Å²) in [4.78, 5) is 22.1. The number of carbonyl (C=O) groups excluding carboxylic acids is 1. The SMILES string of the molecule is O=C(c1cnccn1)N1CCC(COc2ccc(-c3cccc(F)c3)nn2)C1. The highest BCUT2D eigenvalue weighted by molar-refractivity contribution is 5.92. The molecule has 8 heteroatoms. The van der Waals surface area contributed by atoms with Crippen molar-refractivity contribution in [2.45, 2.75) is 6.42 Å². The number of hydrogen-bond donors (Lipinski definition) is 0. The third-order valence-corrected chi connectivity index (χ3v) is 4.58. The molecular weight excluding hydrogens is 361 g/mol. The van der Waals surface area contributed by atoms with E-state index in [9.17, 15) is 9.18 Å². The summed E-state index contributed by atoms with van der Waals surface area (Å²) < 4.78 is 19.0. The second-order valence-electron chi connectivity index (χ2n) is 6.57. The highest BCUT2D eigenvalue weighted by Crippen LogP contribution is 2.21. The molecule has 0 N–H and O–H groups in total. The van der Waals surface area contributed by atoms with Gasteiger partial charge in [0.1, 0.15) is 11.5 Å². The molecule has 1 aliphatic heterocycles. The van der Waals surface area contributed by atoms with Gasteiger partial charge in [0.25, 0.3) is 5.91 Å². The maximum Gasteiger partial charge on any atom is 0.274 e. The summed E-state index contributed by atoms with van der Waals surface area (Å²) in [6.07, 6.45) is 5.37. The average molecular weight is 379 g/mol. The smallest absolute Gasteiger partial charge is 0.274 e. The summed E-state index contributed by atoms with van der Waals surface area (Å²) in [6.45, 7) is 1.70. The van der Waals surface area contributed by atoms with Gasteiger partial charge in [-0.15, -0.1) is 10.2 Å². The number of halogens is 1. The molecule has 28 heavy (non-hydrogen) atoms. The molecule has 0 saturated carbocycles. The Morgan fingerprint density at radius 2 is 2.14 bits per heavy atom. The Morgan fingerprint density at radius 1 is 1.21 bits per heavy atom. The number of hydrogen-bond acceptors (Lipinski definition) is 6. The molecule has 0 radical (unpaired) electrons. The molecule has 0 bridgehead atoms.